The molecule has 0 unspecified atom stereocenters. The van der Waals surface area contributed by atoms with E-state index in [0.717, 1.165) is 56.5 Å². The maximum Gasteiger partial charge on any atom is 0.255 e. The maximum atomic E-state index is 12.8. The van der Waals surface area contributed by atoms with Crippen molar-refractivity contribution in [3.8, 4) is 0 Å². The van der Waals surface area contributed by atoms with Crippen molar-refractivity contribution in [2.24, 2.45) is 0 Å². The first-order valence-electron chi connectivity index (χ1n) is 9.67. The minimum absolute atomic E-state index is 0.225. The zero-order valence-electron chi connectivity index (χ0n) is 16.0. The number of nitrogens with one attached hydrogen (secondary N) is 1. The van der Waals surface area contributed by atoms with E-state index in [9.17, 15) is 4.79 Å². The first-order chi connectivity index (χ1) is 14.1. The average molecular weight is 436 g/mol. The molecule has 154 valence electrons. The summed E-state index contributed by atoms with van der Waals surface area (Å²) in [6.07, 6.45) is 0. The third-order valence-electron chi connectivity index (χ3n) is 5.14. The molecule has 2 saturated heterocycles. The fraction of sp³-hybridized carbons (Fsp3) is 0.381. The topological polar surface area (TPSA) is 54.0 Å². The summed E-state index contributed by atoms with van der Waals surface area (Å²) in [6, 6.07) is 11.0. The number of nitrogens with zero attached hydrogens (tertiary/aromatic N) is 2. The highest BCUT2D eigenvalue weighted by Crippen LogP contribution is 2.33. The van der Waals surface area contributed by atoms with E-state index in [1.165, 1.54) is 0 Å². The number of benzene rings is 2. The van der Waals surface area contributed by atoms with Crippen LogP contribution in [0.3, 0.4) is 0 Å². The molecule has 8 heteroatoms. The summed E-state index contributed by atoms with van der Waals surface area (Å²) in [7, 11) is 0. The Morgan fingerprint density at radius 1 is 0.828 bits per heavy atom. The minimum atomic E-state index is -0.225. The van der Waals surface area contributed by atoms with Gasteiger partial charge in [0.05, 0.1) is 47.8 Å². The molecule has 0 aliphatic carbocycles. The van der Waals surface area contributed by atoms with Crippen LogP contribution in [-0.4, -0.2) is 58.5 Å². The fourth-order valence-electron chi connectivity index (χ4n) is 3.54. The van der Waals surface area contributed by atoms with E-state index in [0.29, 0.717) is 28.8 Å². The van der Waals surface area contributed by atoms with Gasteiger partial charge in [0.2, 0.25) is 0 Å². The Balaban J connectivity index is 1.61. The summed E-state index contributed by atoms with van der Waals surface area (Å²) in [4.78, 5) is 17.4. The van der Waals surface area contributed by atoms with Gasteiger partial charge in [-0.3, -0.25) is 4.79 Å². The van der Waals surface area contributed by atoms with Crippen molar-refractivity contribution >= 4 is 46.2 Å². The molecule has 2 aliphatic rings. The summed E-state index contributed by atoms with van der Waals surface area (Å²) in [5.74, 6) is -0.225. The second-order valence-electron chi connectivity index (χ2n) is 6.98. The van der Waals surface area contributed by atoms with Gasteiger partial charge in [0, 0.05) is 37.4 Å². The lowest BCUT2D eigenvalue weighted by Crippen LogP contribution is -2.38. The van der Waals surface area contributed by atoms with E-state index < -0.39 is 0 Å². The number of halogens is 2. The largest absolute Gasteiger partial charge is 0.378 e. The zero-order valence-corrected chi connectivity index (χ0v) is 17.5. The average Bonchev–Trinajstić information content (AvgIpc) is 2.77. The first kappa shape index (κ1) is 20.3. The second kappa shape index (κ2) is 9.22. The Morgan fingerprint density at radius 2 is 1.48 bits per heavy atom. The van der Waals surface area contributed by atoms with Crippen LogP contribution in [0.2, 0.25) is 10.0 Å². The molecule has 0 atom stereocenters. The number of anilines is 3. The number of amides is 1. The molecule has 2 heterocycles. The van der Waals surface area contributed by atoms with Gasteiger partial charge in [0.15, 0.2) is 0 Å². The quantitative estimate of drug-likeness (QED) is 0.788. The summed E-state index contributed by atoms with van der Waals surface area (Å²) >= 11 is 12.0. The lowest BCUT2D eigenvalue weighted by molar-refractivity contribution is 0.102. The van der Waals surface area contributed by atoms with E-state index in [-0.39, 0.29) is 5.91 Å². The van der Waals surface area contributed by atoms with E-state index in [1.807, 2.05) is 12.1 Å². The fourth-order valence-corrected chi connectivity index (χ4v) is 3.84. The van der Waals surface area contributed by atoms with E-state index >= 15 is 0 Å². The molecule has 0 saturated carbocycles. The molecule has 0 radical (unpaired) electrons. The summed E-state index contributed by atoms with van der Waals surface area (Å²) < 4.78 is 11.0. The van der Waals surface area contributed by atoms with E-state index in [2.05, 4.69) is 21.2 Å². The predicted octanol–water partition coefficient (Wildman–Crippen LogP) is 3.92. The molecule has 2 aromatic carbocycles. The van der Waals surface area contributed by atoms with Crippen LogP contribution in [0.5, 0.6) is 0 Å². The molecule has 6 nitrogen and oxygen atoms in total. The van der Waals surface area contributed by atoms with Crippen molar-refractivity contribution < 1.29 is 14.3 Å². The van der Waals surface area contributed by atoms with Crippen LogP contribution in [0, 0.1) is 0 Å². The molecule has 0 spiro atoms. The van der Waals surface area contributed by atoms with Crippen LogP contribution in [0.1, 0.15) is 10.4 Å². The molecule has 2 aliphatic heterocycles. The highest BCUT2D eigenvalue weighted by atomic mass is 35.5. The van der Waals surface area contributed by atoms with Crippen LogP contribution in [0.4, 0.5) is 17.1 Å². The van der Waals surface area contributed by atoms with Gasteiger partial charge in [-0.05, 0) is 36.4 Å². The molecular weight excluding hydrogens is 413 g/mol. The van der Waals surface area contributed by atoms with Gasteiger partial charge in [-0.1, -0.05) is 23.2 Å². The Kier molecular flexibility index (Phi) is 6.45. The van der Waals surface area contributed by atoms with Gasteiger partial charge in [-0.15, -0.1) is 0 Å². The van der Waals surface area contributed by atoms with Gasteiger partial charge in [0.25, 0.3) is 5.91 Å². The number of rotatable bonds is 4. The van der Waals surface area contributed by atoms with E-state index in [1.54, 1.807) is 18.2 Å². The first-order valence-corrected chi connectivity index (χ1v) is 10.4. The number of hydrogen-bond donors (Lipinski definition) is 1. The summed E-state index contributed by atoms with van der Waals surface area (Å²) in [6.45, 7) is 6.06. The second-order valence-corrected chi connectivity index (χ2v) is 7.80. The van der Waals surface area contributed by atoms with Gasteiger partial charge in [0.1, 0.15) is 0 Å². The van der Waals surface area contributed by atoms with Crippen molar-refractivity contribution in [2.75, 3.05) is 67.7 Å². The predicted molar refractivity (Wildman–Crippen MR) is 117 cm³/mol. The van der Waals surface area contributed by atoms with Gasteiger partial charge < -0.3 is 24.6 Å². The zero-order chi connectivity index (χ0) is 20.2. The molecule has 2 fully saturated rings. The lowest BCUT2D eigenvalue weighted by atomic mass is 10.1. The van der Waals surface area contributed by atoms with Crippen LogP contribution >= 0.6 is 23.2 Å². The molecule has 2 aromatic rings. The highest BCUT2D eigenvalue weighted by molar-refractivity contribution is 6.42. The van der Waals surface area contributed by atoms with Gasteiger partial charge in [-0.2, -0.15) is 0 Å². The molecule has 1 N–H and O–H groups in total. The van der Waals surface area contributed by atoms with Crippen molar-refractivity contribution in [3.05, 3.63) is 52.0 Å². The smallest absolute Gasteiger partial charge is 0.255 e. The van der Waals surface area contributed by atoms with Gasteiger partial charge >= 0.3 is 0 Å². The number of morpholine rings is 2. The molecule has 4 rings (SSSR count). The minimum Gasteiger partial charge on any atom is -0.378 e. The Hall–Kier alpha value is -1.99. The van der Waals surface area contributed by atoms with Crippen LogP contribution in [0.25, 0.3) is 0 Å². The number of carbonyl (C=O) groups excluding carboxylic acids is 1. The number of carbonyl (C=O) groups is 1. The van der Waals surface area contributed by atoms with Crippen LogP contribution in [0.15, 0.2) is 36.4 Å². The molecular formula is C21H23Cl2N3O3. The van der Waals surface area contributed by atoms with Crippen molar-refractivity contribution in [3.63, 3.8) is 0 Å². The molecule has 0 aromatic heterocycles. The Labute approximate surface area is 180 Å². The maximum absolute atomic E-state index is 12.8. The third-order valence-corrected chi connectivity index (χ3v) is 5.88. The number of ether oxygens (including phenoxy) is 2. The van der Waals surface area contributed by atoms with Gasteiger partial charge in [-0.25, -0.2) is 0 Å². The Morgan fingerprint density at radius 3 is 2.14 bits per heavy atom. The molecule has 0 bridgehead atoms. The normalized spacial score (nSPS) is 17.3. The van der Waals surface area contributed by atoms with Crippen LogP contribution in [-0.2, 0) is 9.47 Å². The Bertz CT molecular complexity index is 881. The van der Waals surface area contributed by atoms with E-state index in [4.69, 9.17) is 32.7 Å². The van der Waals surface area contributed by atoms with Crippen molar-refractivity contribution in [1.82, 2.24) is 0 Å². The molecule has 29 heavy (non-hydrogen) atoms. The lowest BCUT2D eigenvalue weighted by Gasteiger charge is -2.33. The summed E-state index contributed by atoms with van der Waals surface area (Å²) in [5.41, 5.74) is 3.34. The summed E-state index contributed by atoms with van der Waals surface area (Å²) in [5, 5.41) is 3.81. The third kappa shape index (κ3) is 4.78. The van der Waals surface area contributed by atoms with Crippen molar-refractivity contribution in [1.29, 1.82) is 0 Å². The van der Waals surface area contributed by atoms with Crippen LogP contribution < -0.4 is 15.1 Å². The number of hydrogen-bond acceptors (Lipinski definition) is 5. The molecule has 1 amide bonds. The monoisotopic (exact) mass is 435 g/mol. The SMILES string of the molecule is O=C(Nc1ccc(N2CCOCC2)cc1N1CCOCC1)c1ccc(Cl)c(Cl)c1. The van der Waals surface area contributed by atoms with Crippen molar-refractivity contribution in [2.45, 2.75) is 0 Å². The standard InChI is InChI=1S/C21H23Cl2N3O3/c22-17-3-1-15(13-18(17)23)21(27)24-19-4-2-16(25-5-9-28-10-6-25)14-20(19)26-7-11-29-12-8-26/h1-4,13-14H,5-12H2,(H,24,27). The highest BCUT2D eigenvalue weighted by Gasteiger charge is 2.20.